The van der Waals surface area contributed by atoms with Crippen LogP contribution in [0, 0.1) is 0 Å². The summed E-state index contributed by atoms with van der Waals surface area (Å²) in [4.78, 5) is 14.9. The molecule has 2 rings (SSSR count). The zero-order valence-corrected chi connectivity index (χ0v) is 12.4. The Morgan fingerprint density at radius 1 is 1.40 bits per heavy atom. The van der Waals surface area contributed by atoms with Gasteiger partial charge >= 0.3 is 5.97 Å². The van der Waals surface area contributed by atoms with Gasteiger partial charge in [0.15, 0.2) is 0 Å². The van der Waals surface area contributed by atoms with Crippen molar-refractivity contribution < 1.29 is 9.53 Å². The van der Waals surface area contributed by atoms with Crippen molar-refractivity contribution in [1.29, 1.82) is 0 Å². The maximum Gasteiger partial charge on any atom is 0.337 e. The second-order valence-corrected chi connectivity index (χ2v) is 5.39. The summed E-state index contributed by atoms with van der Waals surface area (Å²) in [7, 11) is 1.36. The van der Waals surface area contributed by atoms with Crippen LogP contribution in [0.25, 0.3) is 0 Å². The van der Waals surface area contributed by atoms with E-state index in [1.807, 2.05) is 12.1 Å². The van der Waals surface area contributed by atoms with Gasteiger partial charge in [0.25, 0.3) is 0 Å². The Morgan fingerprint density at radius 3 is 2.75 bits per heavy atom. The number of thiophene rings is 1. The molecule has 0 unspecified atom stereocenters. The molecular weight excluding hydrogens is 272 g/mol. The van der Waals surface area contributed by atoms with Crippen molar-refractivity contribution in [3.05, 3.63) is 46.2 Å². The molecule has 1 heterocycles. The largest absolute Gasteiger partial charge is 0.465 e. The number of carbonyl (C=O) groups is 1. The Balaban J connectivity index is 2.24. The molecule has 0 aliphatic rings. The smallest absolute Gasteiger partial charge is 0.337 e. The zero-order valence-electron chi connectivity index (χ0n) is 11.6. The summed E-state index contributed by atoms with van der Waals surface area (Å²) in [6.07, 6.45) is 0. The van der Waals surface area contributed by atoms with Crippen LogP contribution in [0.2, 0.25) is 0 Å². The van der Waals surface area contributed by atoms with Crippen molar-refractivity contribution in [3.63, 3.8) is 0 Å². The number of esters is 1. The molecule has 1 aromatic heterocycles. The van der Waals surface area contributed by atoms with Gasteiger partial charge in [-0.2, -0.15) is 0 Å². The first-order valence-corrected chi connectivity index (χ1v) is 7.28. The fraction of sp³-hybridized carbons (Fsp3) is 0.267. The summed E-state index contributed by atoms with van der Waals surface area (Å²) in [5.74, 6) is -0.371. The molecule has 106 valence electrons. The predicted octanol–water partition coefficient (Wildman–Crippen LogP) is 3.14. The first-order valence-electron chi connectivity index (χ1n) is 6.41. The first-order chi connectivity index (χ1) is 9.65. The number of anilines is 2. The maximum atomic E-state index is 11.5. The molecular formula is C15H18N2O2S. The molecule has 0 spiro atoms. The minimum Gasteiger partial charge on any atom is -0.465 e. The van der Waals surface area contributed by atoms with Crippen molar-refractivity contribution in [2.45, 2.75) is 13.5 Å². The van der Waals surface area contributed by atoms with E-state index >= 15 is 0 Å². The molecule has 1 aromatic carbocycles. The van der Waals surface area contributed by atoms with E-state index in [0.29, 0.717) is 11.3 Å². The highest BCUT2D eigenvalue weighted by Crippen LogP contribution is 2.27. The Labute approximate surface area is 122 Å². The molecule has 0 fully saturated rings. The predicted molar refractivity (Wildman–Crippen MR) is 83.2 cm³/mol. The van der Waals surface area contributed by atoms with Gasteiger partial charge in [0.1, 0.15) is 0 Å². The molecule has 5 heteroatoms. The van der Waals surface area contributed by atoms with Crippen LogP contribution in [-0.4, -0.2) is 19.6 Å². The van der Waals surface area contributed by atoms with Gasteiger partial charge in [-0.3, -0.25) is 0 Å². The van der Waals surface area contributed by atoms with Crippen molar-refractivity contribution in [3.8, 4) is 0 Å². The topological polar surface area (TPSA) is 55.6 Å². The maximum absolute atomic E-state index is 11.5. The lowest BCUT2D eigenvalue weighted by Crippen LogP contribution is -2.22. The van der Waals surface area contributed by atoms with Crippen LogP contribution in [0.5, 0.6) is 0 Å². The lowest BCUT2D eigenvalue weighted by atomic mass is 10.1. The molecule has 20 heavy (non-hydrogen) atoms. The minimum absolute atomic E-state index is 0.371. The number of nitrogens with zero attached hydrogens (tertiary/aromatic N) is 1. The number of hydrogen-bond donors (Lipinski definition) is 1. The van der Waals surface area contributed by atoms with E-state index in [0.717, 1.165) is 18.8 Å². The second kappa shape index (κ2) is 6.43. The van der Waals surface area contributed by atoms with E-state index in [4.69, 9.17) is 10.5 Å². The molecule has 0 aliphatic heterocycles. The van der Waals surface area contributed by atoms with Gasteiger partial charge in [-0.05, 0) is 36.6 Å². The number of methoxy groups -OCH3 is 1. The highest BCUT2D eigenvalue weighted by Gasteiger charge is 2.12. The summed E-state index contributed by atoms with van der Waals surface area (Å²) >= 11 is 1.72. The fourth-order valence-corrected chi connectivity index (χ4v) is 2.76. The molecule has 2 N–H and O–H groups in total. The third-order valence-corrected chi connectivity index (χ3v) is 3.96. The minimum atomic E-state index is -0.371. The van der Waals surface area contributed by atoms with E-state index in [2.05, 4.69) is 23.3 Å². The number of nitrogens with two attached hydrogens (primary N) is 1. The monoisotopic (exact) mass is 290 g/mol. The average molecular weight is 290 g/mol. The van der Waals surface area contributed by atoms with E-state index in [1.54, 1.807) is 23.5 Å². The number of carbonyl (C=O) groups excluding carboxylic acids is 1. The Bertz CT molecular complexity index is 582. The van der Waals surface area contributed by atoms with Crippen LogP contribution in [0.1, 0.15) is 22.2 Å². The van der Waals surface area contributed by atoms with E-state index < -0.39 is 0 Å². The van der Waals surface area contributed by atoms with Gasteiger partial charge in [-0.1, -0.05) is 6.07 Å². The first kappa shape index (κ1) is 14.4. The summed E-state index contributed by atoms with van der Waals surface area (Å²) in [6.45, 7) is 3.75. The lowest BCUT2D eigenvalue weighted by molar-refractivity contribution is 0.0601. The standard InChI is InChI=1S/C15H18N2O2S/c1-3-17(10-12-5-4-8-20-12)14-7-6-11(9-13(14)16)15(18)19-2/h4-9H,3,10,16H2,1-2H3. The van der Waals surface area contributed by atoms with Gasteiger partial charge < -0.3 is 15.4 Å². The molecule has 0 bridgehead atoms. The van der Waals surface area contributed by atoms with Gasteiger partial charge in [0, 0.05) is 11.4 Å². The Morgan fingerprint density at radius 2 is 2.20 bits per heavy atom. The molecule has 0 amide bonds. The quantitative estimate of drug-likeness (QED) is 0.679. The van der Waals surface area contributed by atoms with Crippen molar-refractivity contribution >= 4 is 28.7 Å². The van der Waals surface area contributed by atoms with Gasteiger partial charge in [-0.25, -0.2) is 4.79 Å². The fourth-order valence-electron chi connectivity index (χ4n) is 2.05. The highest BCUT2D eigenvalue weighted by molar-refractivity contribution is 7.09. The third kappa shape index (κ3) is 3.11. The highest BCUT2D eigenvalue weighted by atomic mass is 32.1. The van der Waals surface area contributed by atoms with Crippen molar-refractivity contribution in [1.82, 2.24) is 0 Å². The van der Waals surface area contributed by atoms with Gasteiger partial charge in [0.05, 0.1) is 30.6 Å². The molecule has 0 saturated carbocycles. The number of ether oxygens (including phenoxy) is 1. The molecule has 0 atom stereocenters. The van der Waals surface area contributed by atoms with Crippen LogP contribution < -0.4 is 10.6 Å². The summed E-state index contributed by atoms with van der Waals surface area (Å²) in [5.41, 5.74) is 8.07. The van der Waals surface area contributed by atoms with Crippen LogP contribution >= 0.6 is 11.3 Å². The molecule has 0 aliphatic carbocycles. The zero-order chi connectivity index (χ0) is 14.5. The van der Waals surface area contributed by atoms with E-state index in [9.17, 15) is 4.79 Å². The number of rotatable bonds is 5. The van der Waals surface area contributed by atoms with Crippen molar-refractivity contribution in [2.75, 3.05) is 24.3 Å². The number of hydrogen-bond acceptors (Lipinski definition) is 5. The molecule has 0 radical (unpaired) electrons. The second-order valence-electron chi connectivity index (χ2n) is 4.36. The average Bonchev–Trinajstić information content (AvgIpc) is 2.97. The van der Waals surface area contributed by atoms with E-state index in [-0.39, 0.29) is 5.97 Å². The third-order valence-electron chi connectivity index (χ3n) is 3.10. The summed E-state index contributed by atoms with van der Waals surface area (Å²) < 4.78 is 4.70. The lowest BCUT2D eigenvalue weighted by Gasteiger charge is -2.24. The SMILES string of the molecule is CCN(Cc1cccs1)c1ccc(C(=O)OC)cc1N. The summed E-state index contributed by atoms with van der Waals surface area (Å²) in [6, 6.07) is 9.43. The van der Waals surface area contributed by atoms with Crippen LogP contribution in [0.3, 0.4) is 0 Å². The van der Waals surface area contributed by atoms with E-state index in [1.165, 1.54) is 12.0 Å². The van der Waals surface area contributed by atoms with Crippen LogP contribution in [0.15, 0.2) is 35.7 Å². The Kier molecular flexibility index (Phi) is 4.63. The molecule has 4 nitrogen and oxygen atoms in total. The van der Waals surface area contributed by atoms with Gasteiger partial charge in [0.2, 0.25) is 0 Å². The number of nitrogen functional groups attached to an aromatic ring is 1. The van der Waals surface area contributed by atoms with Gasteiger partial charge in [-0.15, -0.1) is 11.3 Å². The molecule has 0 saturated heterocycles. The van der Waals surface area contributed by atoms with Crippen LogP contribution in [-0.2, 0) is 11.3 Å². The summed E-state index contributed by atoms with van der Waals surface area (Å²) in [5, 5.41) is 2.06. The normalized spacial score (nSPS) is 10.3. The number of benzene rings is 1. The van der Waals surface area contributed by atoms with Crippen molar-refractivity contribution in [2.24, 2.45) is 0 Å². The van der Waals surface area contributed by atoms with Crippen LogP contribution in [0.4, 0.5) is 11.4 Å². The Hall–Kier alpha value is -2.01. The molecule has 2 aromatic rings.